The zero-order valence-corrected chi connectivity index (χ0v) is 11.6. The van der Waals surface area contributed by atoms with Gasteiger partial charge in [0.05, 0.1) is 6.61 Å². The first-order valence-corrected chi connectivity index (χ1v) is 6.70. The Balaban J connectivity index is 2.02. The number of halogens is 3. The van der Waals surface area contributed by atoms with Gasteiger partial charge in [0.15, 0.2) is 0 Å². The third kappa shape index (κ3) is 3.65. The van der Waals surface area contributed by atoms with E-state index in [0.717, 1.165) is 0 Å². The van der Waals surface area contributed by atoms with E-state index in [1.54, 1.807) is 6.07 Å². The molecule has 1 aliphatic rings. The van der Waals surface area contributed by atoms with Crippen molar-refractivity contribution in [1.29, 1.82) is 0 Å². The highest BCUT2D eigenvalue weighted by atomic mass is 79.9. The number of ether oxygens (including phenoxy) is 1. The van der Waals surface area contributed by atoms with Gasteiger partial charge in [-0.1, -0.05) is 15.9 Å². The Hall–Kier alpha value is -1.17. The van der Waals surface area contributed by atoms with E-state index in [9.17, 15) is 13.6 Å². The van der Waals surface area contributed by atoms with Gasteiger partial charge in [-0.25, -0.2) is 13.6 Å². The van der Waals surface area contributed by atoms with Crippen LogP contribution in [-0.2, 0) is 0 Å². The maximum absolute atomic E-state index is 13.0. The molecule has 1 saturated carbocycles. The van der Waals surface area contributed by atoms with E-state index in [4.69, 9.17) is 9.84 Å². The smallest absolute Gasteiger partial charge is 0.339 e. The maximum Gasteiger partial charge on any atom is 0.339 e. The molecule has 0 aromatic heterocycles. The summed E-state index contributed by atoms with van der Waals surface area (Å²) >= 11 is 3.18. The minimum absolute atomic E-state index is 0.0270. The highest BCUT2D eigenvalue weighted by Crippen LogP contribution is 2.39. The van der Waals surface area contributed by atoms with Gasteiger partial charge in [0.1, 0.15) is 11.3 Å². The average Bonchev–Trinajstić information content (AvgIpc) is 2.67. The Labute approximate surface area is 117 Å². The molecule has 104 valence electrons. The lowest BCUT2D eigenvalue weighted by Gasteiger charge is -2.14. The van der Waals surface area contributed by atoms with Gasteiger partial charge in [0.2, 0.25) is 5.92 Å². The Morgan fingerprint density at radius 2 is 2.26 bits per heavy atom. The Morgan fingerprint density at radius 3 is 2.84 bits per heavy atom. The van der Waals surface area contributed by atoms with E-state index in [2.05, 4.69) is 15.9 Å². The molecular weight excluding hydrogens is 322 g/mol. The zero-order chi connectivity index (χ0) is 14.0. The quantitative estimate of drug-likeness (QED) is 0.906. The Bertz CT molecular complexity index is 491. The molecule has 1 fully saturated rings. The maximum atomic E-state index is 13.0. The number of aromatic carboxylic acids is 1. The van der Waals surface area contributed by atoms with Crippen LogP contribution in [-0.4, -0.2) is 23.6 Å². The molecule has 0 aliphatic heterocycles. The van der Waals surface area contributed by atoms with Crippen molar-refractivity contribution in [3.8, 4) is 5.75 Å². The van der Waals surface area contributed by atoms with Gasteiger partial charge >= 0.3 is 5.97 Å². The van der Waals surface area contributed by atoms with Gasteiger partial charge in [0, 0.05) is 17.3 Å². The predicted octanol–water partition coefficient (Wildman–Crippen LogP) is 3.96. The molecule has 3 nitrogen and oxygen atoms in total. The first-order valence-electron chi connectivity index (χ1n) is 5.91. The highest BCUT2D eigenvalue weighted by Gasteiger charge is 2.39. The van der Waals surface area contributed by atoms with Crippen LogP contribution >= 0.6 is 15.9 Å². The lowest BCUT2D eigenvalue weighted by Crippen LogP contribution is -2.14. The molecule has 0 heterocycles. The summed E-state index contributed by atoms with van der Waals surface area (Å²) in [5.74, 6) is -3.72. The number of hydrogen-bond acceptors (Lipinski definition) is 2. The molecule has 0 amide bonds. The summed E-state index contributed by atoms with van der Waals surface area (Å²) in [4.78, 5) is 11.1. The molecule has 0 spiro atoms. The van der Waals surface area contributed by atoms with Crippen molar-refractivity contribution in [1.82, 2.24) is 0 Å². The van der Waals surface area contributed by atoms with Crippen LogP contribution in [0.3, 0.4) is 0 Å². The van der Waals surface area contributed by atoms with Crippen molar-refractivity contribution < 1.29 is 23.4 Å². The summed E-state index contributed by atoms with van der Waals surface area (Å²) in [6.45, 7) is 0.123. The Kier molecular flexibility index (Phi) is 4.08. The number of carboxylic acid groups (broad SMARTS) is 1. The molecule has 1 unspecified atom stereocenters. The van der Waals surface area contributed by atoms with E-state index in [1.807, 2.05) is 0 Å². The summed E-state index contributed by atoms with van der Waals surface area (Å²) in [6.07, 6.45) is 0.102. The number of rotatable bonds is 4. The number of carboxylic acids is 1. The average molecular weight is 335 g/mol. The number of carbonyl (C=O) groups is 1. The summed E-state index contributed by atoms with van der Waals surface area (Å²) in [6, 6.07) is 4.62. The van der Waals surface area contributed by atoms with Crippen LogP contribution in [0.5, 0.6) is 5.75 Å². The first kappa shape index (κ1) is 14.2. The normalized spacial score (nSPS) is 21.3. The SMILES string of the molecule is O=C(O)c1cc(Br)ccc1OCC1CCC(F)(F)C1. The summed E-state index contributed by atoms with van der Waals surface area (Å²) < 4.78 is 32.1. The van der Waals surface area contributed by atoms with Crippen LogP contribution in [0, 0.1) is 5.92 Å². The van der Waals surface area contributed by atoms with Crippen LogP contribution in [0.25, 0.3) is 0 Å². The Morgan fingerprint density at radius 1 is 1.53 bits per heavy atom. The van der Waals surface area contributed by atoms with Gasteiger partial charge in [-0.05, 0) is 30.5 Å². The predicted molar refractivity (Wildman–Crippen MR) is 68.9 cm³/mol. The molecule has 1 atom stereocenters. The molecule has 0 saturated heterocycles. The molecular formula is C13H13BrF2O3. The topological polar surface area (TPSA) is 46.5 Å². The lowest BCUT2D eigenvalue weighted by molar-refractivity contribution is 0.00285. The van der Waals surface area contributed by atoms with E-state index < -0.39 is 11.9 Å². The van der Waals surface area contributed by atoms with E-state index >= 15 is 0 Å². The highest BCUT2D eigenvalue weighted by molar-refractivity contribution is 9.10. The zero-order valence-electron chi connectivity index (χ0n) is 10.0. The van der Waals surface area contributed by atoms with Crippen molar-refractivity contribution in [2.24, 2.45) is 5.92 Å². The van der Waals surface area contributed by atoms with Crippen LogP contribution in [0.1, 0.15) is 29.6 Å². The third-order valence-electron chi connectivity index (χ3n) is 3.15. The first-order chi connectivity index (χ1) is 8.87. The molecule has 1 aromatic rings. The van der Waals surface area contributed by atoms with Gasteiger partial charge < -0.3 is 9.84 Å². The van der Waals surface area contributed by atoms with E-state index in [-0.39, 0.29) is 36.7 Å². The van der Waals surface area contributed by atoms with E-state index in [0.29, 0.717) is 10.9 Å². The van der Waals surface area contributed by atoms with Crippen LogP contribution in [0.2, 0.25) is 0 Å². The van der Waals surface area contributed by atoms with E-state index in [1.165, 1.54) is 12.1 Å². The largest absolute Gasteiger partial charge is 0.492 e. The van der Waals surface area contributed by atoms with Gasteiger partial charge in [0.25, 0.3) is 0 Å². The second-order valence-electron chi connectivity index (χ2n) is 4.72. The van der Waals surface area contributed by atoms with Gasteiger partial charge in [-0.2, -0.15) is 0 Å². The summed E-state index contributed by atoms with van der Waals surface area (Å²) in [5, 5.41) is 9.04. The fourth-order valence-corrected chi connectivity index (χ4v) is 2.55. The minimum Gasteiger partial charge on any atom is -0.492 e. The van der Waals surface area contributed by atoms with Gasteiger partial charge in [-0.15, -0.1) is 0 Å². The lowest BCUT2D eigenvalue weighted by atomic mass is 10.1. The molecule has 0 radical (unpaired) electrons. The second-order valence-corrected chi connectivity index (χ2v) is 5.64. The van der Waals surface area contributed by atoms with Crippen molar-refractivity contribution in [2.75, 3.05) is 6.61 Å². The molecule has 1 N–H and O–H groups in total. The fourth-order valence-electron chi connectivity index (χ4n) is 2.19. The van der Waals surface area contributed by atoms with Crippen molar-refractivity contribution in [3.05, 3.63) is 28.2 Å². The van der Waals surface area contributed by atoms with Crippen LogP contribution in [0.4, 0.5) is 8.78 Å². The van der Waals surface area contributed by atoms with Crippen molar-refractivity contribution in [2.45, 2.75) is 25.2 Å². The number of alkyl halides is 2. The molecule has 1 aliphatic carbocycles. The summed E-state index contributed by atoms with van der Waals surface area (Å²) in [5.41, 5.74) is 0.0270. The number of benzene rings is 1. The standard InChI is InChI=1S/C13H13BrF2O3/c14-9-1-2-11(10(5-9)12(17)18)19-7-8-3-4-13(15,16)6-8/h1-2,5,8H,3-4,6-7H2,(H,17,18). The monoisotopic (exact) mass is 334 g/mol. The van der Waals surface area contributed by atoms with Gasteiger partial charge in [-0.3, -0.25) is 0 Å². The third-order valence-corrected chi connectivity index (χ3v) is 3.65. The molecule has 19 heavy (non-hydrogen) atoms. The van der Waals surface area contributed by atoms with Crippen LogP contribution < -0.4 is 4.74 Å². The molecule has 0 bridgehead atoms. The summed E-state index contributed by atoms with van der Waals surface area (Å²) in [7, 11) is 0. The minimum atomic E-state index is -2.61. The molecule has 2 rings (SSSR count). The fraction of sp³-hybridized carbons (Fsp3) is 0.462. The second kappa shape index (κ2) is 5.45. The van der Waals surface area contributed by atoms with Crippen molar-refractivity contribution >= 4 is 21.9 Å². The molecule has 1 aromatic carbocycles. The van der Waals surface area contributed by atoms with Crippen LogP contribution in [0.15, 0.2) is 22.7 Å². The molecule has 6 heteroatoms. The van der Waals surface area contributed by atoms with Crippen molar-refractivity contribution in [3.63, 3.8) is 0 Å². The number of hydrogen-bond donors (Lipinski definition) is 1.